The van der Waals surface area contributed by atoms with Gasteiger partial charge >= 0.3 is 0 Å². The molecule has 1 aliphatic rings. The van der Waals surface area contributed by atoms with Gasteiger partial charge in [0.1, 0.15) is 5.84 Å². The van der Waals surface area contributed by atoms with E-state index in [0.717, 1.165) is 25.3 Å². The summed E-state index contributed by atoms with van der Waals surface area (Å²) in [5.74, 6) is 0.262. The number of nitrogens with two attached hydrogens (primary N) is 1. The first-order valence-corrected chi connectivity index (χ1v) is 3.83. The van der Waals surface area contributed by atoms with Crippen LogP contribution in [0.1, 0.15) is 13.3 Å². The monoisotopic (exact) mass is 155 g/mol. The fraction of sp³-hybridized carbons (Fsp3) is 0.714. The zero-order valence-electron chi connectivity index (χ0n) is 6.63. The van der Waals surface area contributed by atoms with Gasteiger partial charge in [-0.3, -0.25) is 9.79 Å². The van der Waals surface area contributed by atoms with Crippen LogP contribution in [0.15, 0.2) is 4.99 Å². The second kappa shape index (κ2) is 3.37. The van der Waals surface area contributed by atoms with Crippen LogP contribution in [0.4, 0.5) is 0 Å². The lowest BCUT2D eigenvalue weighted by Crippen LogP contribution is -2.36. The Morgan fingerprint density at radius 3 is 3.00 bits per heavy atom. The molecule has 0 aromatic carbocycles. The maximum absolute atomic E-state index is 10.8. The topological polar surface area (TPSA) is 67.5 Å². The van der Waals surface area contributed by atoms with Crippen LogP contribution in [-0.4, -0.2) is 24.8 Å². The maximum atomic E-state index is 10.8. The van der Waals surface area contributed by atoms with Crippen molar-refractivity contribution in [3.63, 3.8) is 0 Å². The van der Waals surface area contributed by atoms with Gasteiger partial charge in [0.25, 0.3) is 0 Å². The number of primary amides is 1. The summed E-state index contributed by atoms with van der Waals surface area (Å²) in [6.07, 6.45) is 0.723. The van der Waals surface area contributed by atoms with E-state index in [0.29, 0.717) is 0 Å². The fourth-order valence-electron chi connectivity index (χ4n) is 1.18. The lowest BCUT2D eigenvalue weighted by Gasteiger charge is -2.10. The van der Waals surface area contributed by atoms with Gasteiger partial charge in [-0.1, -0.05) is 6.92 Å². The molecular formula is C7H13N3O. The van der Waals surface area contributed by atoms with Crippen LogP contribution in [0.5, 0.6) is 0 Å². The highest BCUT2D eigenvalue weighted by Gasteiger charge is 2.21. The summed E-state index contributed by atoms with van der Waals surface area (Å²) in [4.78, 5) is 15.0. The average molecular weight is 155 g/mol. The summed E-state index contributed by atoms with van der Waals surface area (Å²) in [7, 11) is 0. The van der Waals surface area contributed by atoms with Crippen molar-refractivity contribution in [2.75, 3.05) is 13.1 Å². The van der Waals surface area contributed by atoms with E-state index in [1.54, 1.807) is 0 Å². The molecule has 0 aromatic rings. The van der Waals surface area contributed by atoms with E-state index >= 15 is 0 Å². The molecule has 11 heavy (non-hydrogen) atoms. The molecule has 0 saturated heterocycles. The molecular weight excluding hydrogens is 142 g/mol. The number of hydrogen-bond acceptors (Lipinski definition) is 3. The molecule has 0 spiro atoms. The Morgan fingerprint density at radius 1 is 1.91 bits per heavy atom. The van der Waals surface area contributed by atoms with Gasteiger partial charge in [-0.25, -0.2) is 0 Å². The van der Waals surface area contributed by atoms with Crippen LogP contribution in [0, 0.1) is 5.92 Å². The highest BCUT2D eigenvalue weighted by atomic mass is 16.1. The SMILES string of the molecule is CCC(C(N)=O)C1=NCCN1. The molecule has 0 radical (unpaired) electrons. The molecule has 1 unspecified atom stereocenters. The Hall–Kier alpha value is -1.06. The Bertz CT molecular complexity index is 188. The maximum Gasteiger partial charge on any atom is 0.228 e. The third-order valence-electron chi connectivity index (χ3n) is 1.78. The Kier molecular flexibility index (Phi) is 2.46. The van der Waals surface area contributed by atoms with Crippen LogP contribution >= 0.6 is 0 Å². The van der Waals surface area contributed by atoms with Gasteiger partial charge in [0.2, 0.25) is 5.91 Å². The minimum absolute atomic E-state index is 0.211. The number of rotatable bonds is 3. The Balaban J connectivity index is 2.61. The number of amides is 1. The second-order valence-electron chi connectivity index (χ2n) is 2.56. The van der Waals surface area contributed by atoms with Gasteiger partial charge in [-0.2, -0.15) is 0 Å². The molecule has 4 nitrogen and oxygen atoms in total. The number of amidine groups is 1. The third-order valence-corrected chi connectivity index (χ3v) is 1.78. The van der Waals surface area contributed by atoms with Crippen LogP contribution in [0.2, 0.25) is 0 Å². The number of carbonyl (C=O) groups excluding carboxylic acids is 1. The molecule has 4 heteroatoms. The van der Waals surface area contributed by atoms with Crippen LogP contribution in [0.25, 0.3) is 0 Å². The summed E-state index contributed by atoms with van der Waals surface area (Å²) in [6, 6.07) is 0. The smallest absolute Gasteiger partial charge is 0.228 e. The Morgan fingerprint density at radius 2 is 2.64 bits per heavy atom. The van der Waals surface area contributed by atoms with Crippen molar-refractivity contribution in [3.05, 3.63) is 0 Å². The molecule has 0 fully saturated rings. The van der Waals surface area contributed by atoms with Gasteiger partial charge < -0.3 is 11.1 Å². The third kappa shape index (κ3) is 1.69. The second-order valence-corrected chi connectivity index (χ2v) is 2.56. The summed E-state index contributed by atoms with van der Waals surface area (Å²) in [6.45, 7) is 3.52. The van der Waals surface area contributed by atoms with Gasteiger partial charge in [0.05, 0.1) is 12.5 Å². The lowest BCUT2D eigenvalue weighted by atomic mass is 10.1. The van der Waals surface area contributed by atoms with E-state index in [4.69, 9.17) is 5.73 Å². The first-order valence-electron chi connectivity index (χ1n) is 3.83. The molecule has 1 rings (SSSR count). The van der Waals surface area contributed by atoms with E-state index in [9.17, 15) is 4.79 Å². The molecule has 1 aliphatic heterocycles. The molecule has 0 saturated carbocycles. The van der Waals surface area contributed by atoms with Crippen molar-refractivity contribution in [1.82, 2.24) is 5.32 Å². The molecule has 0 aliphatic carbocycles. The minimum Gasteiger partial charge on any atom is -0.371 e. The molecule has 0 bridgehead atoms. The van der Waals surface area contributed by atoms with Crippen molar-refractivity contribution in [2.24, 2.45) is 16.6 Å². The molecule has 1 atom stereocenters. The highest BCUT2D eigenvalue weighted by Crippen LogP contribution is 2.05. The quantitative estimate of drug-likeness (QED) is 0.577. The fourth-order valence-corrected chi connectivity index (χ4v) is 1.18. The summed E-state index contributed by atoms with van der Waals surface area (Å²) < 4.78 is 0. The van der Waals surface area contributed by atoms with Crippen molar-refractivity contribution in [2.45, 2.75) is 13.3 Å². The van der Waals surface area contributed by atoms with Crippen molar-refractivity contribution in [3.8, 4) is 0 Å². The Labute approximate surface area is 65.9 Å². The summed E-state index contributed by atoms with van der Waals surface area (Å²) in [5, 5.41) is 3.04. The molecule has 3 N–H and O–H groups in total. The largest absolute Gasteiger partial charge is 0.371 e. The molecule has 1 heterocycles. The van der Waals surface area contributed by atoms with E-state index in [2.05, 4.69) is 10.3 Å². The van der Waals surface area contributed by atoms with Crippen molar-refractivity contribution in [1.29, 1.82) is 0 Å². The van der Waals surface area contributed by atoms with Gasteiger partial charge in [-0.15, -0.1) is 0 Å². The first kappa shape index (κ1) is 8.04. The highest BCUT2D eigenvalue weighted by molar-refractivity contribution is 6.02. The molecule has 62 valence electrons. The van der Waals surface area contributed by atoms with Gasteiger partial charge in [-0.05, 0) is 6.42 Å². The van der Waals surface area contributed by atoms with Crippen molar-refractivity contribution < 1.29 is 4.79 Å². The zero-order valence-corrected chi connectivity index (χ0v) is 6.63. The van der Waals surface area contributed by atoms with E-state index in [1.807, 2.05) is 6.92 Å². The van der Waals surface area contributed by atoms with Crippen LogP contribution in [-0.2, 0) is 4.79 Å². The standard InChI is InChI=1S/C7H13N3O/c1-2-5(6(8)11)7-9-3-4-10-7/h5H,2-4H2,1H3,(H2,8,11)(H,9,10). The normalized spacial score (nSPS) is 18.8. The average Bonchev–Trinajstić information content (AvgIpc) is 2.40. The van der Waals surface area contributed by atoms with E-state index in [-0.39, 0.29) is 11.8 Å². The number of nitrogens with zero attached hydrogens (tertiary/aromatic N) is 1. The molecule has 0 aromatic heterocycles. The predicted octanol–water partition coefficient (Wildman–Crippen LogP) is -0.500. The molecule has 1 amide bonds. The predicted molar refractivity (Wildman–Crippen MR) is 43.3 cm³/mol. The van der Waals surface area contributed by atoms with Gasteiger partial charge in [0, 0.05) is 6.54 Å². The first-order chi connectivity index (χ1) is 5.25. The van der Waals surface area contributed by atoms with Gasteiger partial charge in [0.15, 0.2) is 0 Å². The number of aliphatic imine (C=N–C) groups is 1. The zero-order chi connectivity index (χ0) is 8.27. The van der Waals surface area contributed by atoms with E-state index < -0.39 is 0 Å². The number of nitrogens with one attached hydrogen (secondary N) is 1. The lowest BCUT2D eigenvalue weighted by molar-refractivity contribution is -0.119. The summed E-state index contributed by atoms with van der Waals surface area (Å²) >= 11 is 0. The summed E-state index contributed by atoms with van der Waals surface area (Å²) in [5.41, 5.74) is 5.17. The number of hydrogen-bond donors (Lipinski definition) is 2. The van der Waals surface area contributed by atoms with Crippen molar-refractivity contribution >= 4 is 11.7 Å². The van der Waals surface area contributed by atoms with E-state index in [1.165, 1.54) is 0 Å². The number of carbonyl (C=O) groups is 1. The minimum atomic E-state index is -0.291. The van der Waals surface area contributed by atoms with Crippen LogP contribution in [0.3, 0.4) is 0 Å². The van der Waals surface area contributed by atoms with Crippen LogP contribution < -0.4 is 11.1 Å².